The van der Waals surface area contributed by atoms with Gasteiger partial charge in [0.1, 0.15) is 0 Å². The van der Waals surface area contributed by atoms with Gasteiger partial charge in [0.05, 0.1) is 11.0 Å². The van der Waals surface area contributed by atoms with Crippen molar-refractivity contribution in [2.75, 3.05) is 0 Å². The lowest BCUT2D eigenvalue weighted by atomic mass is 9.82. The highest BCUT2D eigenvalue weighted by Crippen LogP contribution is 2.52. The smallest absolute Gasteiger partial charge is 0.0547 e. The molecule has 0 aliphatic heterocycles. The molecular formula is C65H61N. The third-order valence-corrected chi connectivity index (χ3v) is 14.8. The van der Waals surface area contributed by atoms with Gasteiger partial charge in [0.15, 0.2) is 0 Å². The second-order valence-electron chi connectivity index (χ2n) is 18.8. The van der Waals surface area contributed by atoms with Gasteiger partial charge in [0.25, 0.3) is 0 Å². The first kappa shape index (κ1) is 43.0. The summed E-state index contributed by atoms with van der Waals surface area (Å²) in [6, 6.07) is 65.6. The van der Waals surface area contributed by atoms with Crippen LogP contribution in [0.1, 0.15) is 107 Å². The molecule has 12 rings (SSSR count). The SMILES string of the molecule is CC.CC1=C(c2ccccc2C)CCC(c2cccc(-n3c4cc5c(cc4c4cc6c7ccccc7c7ccccc7c6cc43)-c3ccccc3C5(C)C)c2)=C1.CCC(C)c1ccccc1. The van der Waals surface area contributed by atoms with E-state index in [4.69, 9.17) is 0 Å². The van der Waals surface area contributed by atoms with E-state index in [0.717, 1.165) is 12.8 Å². The summed E-state index contributed by atoms with van der Waals surface area (Å²) in [5, 5.41) is 10.4. The Morgan fingerprint density at radius 3 is 1.74 bits per heavy atom. The number of rotatable bonds is 5. The Bertz CT molecular complexity index is 3530. The number of fused-ring (bicyclic) bond motifs is 12. The molecule has 1 unspecified atom stereocenters. The summed E-state index contributed by atoms with van der Waals surface area (Å²) in [6.45, 7) is 17.8. The van der Waals surface area contributed by atoms with Gasteiger partial charge in [-0.05, 0) is 169 Å². The Labute approximate surface area is 391 Å². The van der Waals surface area contributed by atoms with Crippen molar-refractivity contribution in [2.45, 2.75) is 86.0 Å². The maximum absolute atomic E-state index is 2.56. The normalized spacial score (nSPS) is 14.4. The maximum atomic E-state index is 2.56. The molecule has 1 heteroatoms. The van der Waals surface area contributed by atoms with E-state index >= 15 is 0 Å². The summed E-state index contributed by atoms with van der Waals surface area (Å²) in [6.07, 6.45) is 5.75. The van der Waals surface area contributed by atoms with Gasteiger partial charge in [-0.2, -0.15) is 0 Å². The lowest BCUT2D eigenvalue weighted by Crippen LogP contribution is -2.14. The zero-order valence-corrected chi connectivity index (χ0v) is 40.0. The highest BCUT2D eigenvalue weighted by atomic mass is 15.0. The Hall–Kier alpha value is -6.96. The van der Waals surface area contributed by atoms with E-state index in [1.54, 1.807) is 0 Å². The molecule has 1 heterocycles. The van der Waals surface area contributed by atoms with E-state index in [9.17, 15) is 0 Å². The van der Waals surface area contributed by atoms with Crippen LogP contribution in [0.3, 0.4) is 0 Å². The number of aryl methyl sites for hydroxylation is 1. The second-order valence-corrected chi connectivity index (χ2v) is 18.8. The standard InChI is InChI=1S/C53H41N.C10H14.C2H6/c1-32-14-5-6-17-37(32)38-25-24-35(26-33(38)2)34-15-13-16-36(27-34)54-51-30-45-42-21-10-8-19-40(42)39-18-7-9-20-41(39)44(45)28-47(51)48-29-46-43-22-11-12-23-49(43)53(3,4)50(46)31-52(48)54;1-3-9(2)10-7-5-4-6-8-10;1-2/h5-23,26-31H,24-25H2,1-4H3;4-9H,3H2,1-2H3;1-2H3. The molecule has 0 saturated heterocycles. The summed E-state index contributed by atoms with van der Waals surface area (Å²) in [7, 11) is 0. The van der Waals surface area contributed by atoms with E-state index in [-0.39, 0.29) is 5.41 Å². The number of benzene rings is 9. The highest BCUT2D eigenvalue weighted by Gasteiger charge is 2.36. The molecule has 0 bridgehead atoms. The van der Waals surface area contributed by atoms with Crippen LogP contribution in [0.15, 0.2) is 188 Å². The lowest BCUT2D eigenvalue weighted by Gasteiger charge is -2.22. The Balaban J connectivity index is 0.000000377. The van der Waals surface area contributed by atoms with E-state index in [0.29, 0.717) is 5.92 Å². The molecule has 2 aliphatic rings. The van der Waals surface area contributed by atoms with Crippen molar-refractivity contribution in [3.8, 4) is 16.8 Å². The minimum atomic E-state index is -0.0913. The Kier molecular flexibility index (Phi) is 11.4. The molecular weight excluding hydrogens is 795 g/mol. The van der Waals surface area contributed by atoms with Crippen molar-refractivity contribution >= 4 is 65.3 Å². The summed E-state index contributed by atoms with van der Waals surface area (Å²) < 4.78 is 2.56. The summed E-state index contributed by atoms with van der Waals surface area (Å²) in [5.41, 5.74) is 18.9. The van der Waals surface area contributed by atoms with Gasteiger partial charge in [-0.1, -0.05) is 187 Å². The number of aromatic nitrogens is 1. The van der Waals surface area contributed by atoms with E-state index < -0.39 is 0 Å². The predicted molar refractivity (Wildman–Crippen MR) is 288 cm³/mol. The molecule has 1 nitrogen and oxygen atoms in total. The van der Waals surface area contributed by atoms with Crippen molar-refractivity contribution in [1.82, 2.24) is 4.57 Å². The van der Waals surface area contributed by atoms with Crippen LogP contribution in [0.5, 0.6) is 0 Å². The molecule has 0 fully saturated rings. The topological polar surface area (TPSA) is 4.93 Å². The van der Waals surface area contributed by atoms with Gasteiger partial charge in [-0.25, -0.2) is 0 Å². The number of allylic oxidation sites excluding steroid dienone is 4. The van der Waals surface area contributed by atoms with Crippen molar-refractivity contribution in [1.29, 1.82) is 0 Å². The van der Waals surface area contributed by atoms with E-state index in [1.807, 2.05) is 13.8 Å². The van der Waals surface area contributed by atoms with Gasteiger partial charge >= 0.3 is 0 Å². The fourth-order valence-electron chi connectivity index (χ4n) is 11.1. The molecule has 66 heavy (non-hydrogen) atoms. The zero-order valence-electron chi connectivity index (χ0n) is 40.0. The largest absolute Gasteiger partial charge is 0.309 e. The van der Waals surface area contributed by atoms with Crippen molar-refractivity contribution in [2.24, 2.45) is 0 Å². The first-order valence-electron chi connectivity index (χ1n) is 24.3. The summed E-state index contributed by atoms with van der Waals surface area (Å²) in [5.74, 6) is 0.709. The van der Waals surface area contributed by atoms with Gasteiger partial charge in [-0.3, -0.25) is 0 Å². The van der Waals surface area contributed by atoms with Gasteiger partial charge < -0.3 is 4.57 Å². The Morgan fingerprint density at radius 2 is 1.08 bits per heavy atom. The number of hydrogen-bond acceptors (Lipinski definition) is 0. The van der Waals surface area contributed by atoms with Crippen LogP contribution in [0.2, 0.25) is 0 Å². The molecule has 1 aromatic heterocycles. The molecule has 1 atom stereocenters. The molecule has 2 aliphatic carbocycles. The molecule has 0 spiro atoms. The fraction of sp³-hybridized carbons (Fsp3) is 0.200. The van der Waals surface area contributed by atoms with Crippen LogP contribution < -0.4 is 0 Å². The molecule has 0 radical (unpaired) electrons. The molecule has 0 N–H and O–H groups in total. The van der Waals surface area contributed by atoms with Crippen LogP contribution in [0, 0.1) is 6.92 Å². The molecule has 326 valence electrons. The van der Waals surface area contributed by atoms with Crippen LogP contribution >= 0.6 is 0 Å². The maximum Gasteiger partial charge on any atom is 0.0547 e. The minimum Gasteiger partial charge on any atom is -0.309 e. The van der Waals surface area contributed by atoms with Crippen LogP contribution in [-0.4, -0.2) is 4.57 Å². The second kappa shape index (κ2) is 17.4. The van der Waals surface area contributed by atoms with Gasteiger partial charge in [-0.15, -0.1) is 0 Å². The molecule has 0 amide bonds. The molecule has 10 aromatic rings. The fourth-order valence-corrected chi connectivity index (χ4v) is 11.1. The van der Waals surface area contributed by atoms with Gasteiger partial charge in [0, 0.05) is 21.9 Å². The van der Waals surface area contributed by atoms with Crippen LogP contribution in [0.25, 0.3) is 82.1 Å². The molecule has 0 saturated carbocycles. The zero-order chi connectivity index (χ0) is 45.7. The number of nitrogens with zero attached hydrogens (tertiary/aromatic N) is 1. The Morgan fingerprint density at radius 1 is 0.500 bits per heavy atom. The van der Waals surface area contributed by atoms with Crippen molar-refractivity contribution < 1.29 is 0 Å². The molecule has 9 aromatic carbocycles. The third-order valence-electron chi connectivity index (χ3n) is 14.8. The predicted octanol–water partition coefficient (Wildman–Crippen LogP) is 18.7. The lowest BCUT2D eigenvalue weighted by molar-refractivity contribution is 0.661. The average Bonchev–Trinajstić information content (AvgIpc) is 3.80. The highest BCUT2D eigenvalue weighted by molar-refractivity contribution is 6.29. The van der Waals surface area contributed by atoms with Crippen molar-refractivity contribution in [3.63, 3.8) is 0 Å². The van der Waals surface area contributed by atoms with E-state index in [1.165, 1.54) is 127 Å². The number of hydrogen-bond donors (Lipinski definition) is 0. The first-order valence-corrected chi connectivity index (χ1v) is 24.3. The van der Waals surface area contributed by atoms with Crippen LogP contribution in [-0.2, 0) is 5.41 Å². The average molecular weight is 856 g/mol. The van der Waals surface area contributed by atoms with E-state index in [2.05, 4.69) is 228 Å². The monoisotopic (exact) mass is 855 g/mol. The first-order chi connectivity index (χ1) is 32.2. The quantitative estimate of drug-likeness (QED) is 0.152. The summed E-state index contributed by atoms with van der Waals surface area (Å²) in [4.78, 5) is 0. The third kappa shape index (κ3) is 7.17. The van der Waals surface area contributed by atoms with Crippen LogP contribution in [0.4, 0.5) is 0 Å². The summed E-state index contributed by atoms with van der Waals surface area (Å²) >= 11 is 0. The minimum absolute atomic E-state index is 0.0913. The van der Waals surface area contributed by atoms with Crippen molar-refractivity contribution in [3.05, 3.63) is 221 Å². The van der Waals surface area contributed by atoms with Gasteiger partial charge in [0.2, 0.25) is 0 Å².